The van der Waals surface area contributed by atoms with Crippen LogP contribution in [0.3, 0.4) is 0 Å². The molecular formula is C42H84O14P2. The molecule has 0 bridgehead atoms. The summed E-state index contributed by atoms with van der Waals surface area (Å²) in [5.74, 6) is -0.860. The Morgan fingerprint density at radius 2 is 0.810 bits per heavy atom. The van der Waals surface area contributed by atoms with Gasteiger partial charge >= 0.3 is 28.4 Å². The third kappa shape index (κ3) is 41.8. The van der Waals surface area contributed by atoms with Gasteiger partial charge in [-0.3, -0.25) is 18.7 Å². The number of carbonyl (C=O) groups is 2. The van der Waals surface area contributed by atoms with Crippen LogP contribution in [-0.4, -0.2) is 73.5 Å². The normalized spacial score (nSPS) is 14.2. The fourth-order valence-electron chi connectivity index (χ4n) is 6.05. The van der Waals surface area contributed by atoms with Gasteiger partial charge in [0.2, 0.25) is 0 Å². The molecule has 5 unspecified atom stereocenters. The SMILES string of the molecule is CCCCCCCCCCCCCCCC(=O)OCC(CO[PH](=O)OOCC(O)CO[PH](=O)OOCC(O)CC)OC(=O)CCCCCCCCCCCCCCC. The number of aliphatic hydroxyl groups excluding tert-OH is 2. The average Bonchev–Trinajstić information content (AvgIpc) is 3.21. The predicted octanol–water partition coefficient (Wildman–Crippen LogP) is 11.2. The summed E-state index contributed by atoms with van der Waals surface area (Å²) >= 11 is 0. The largest absolute Gasteiger partial charge is 0.462 e. The maximum absolute atomic E-state index is 12.7. The molecule has 0 heterocycles. The van der Waals surface area contributed by atoms with Gasteiger partial charge in [0.1, 0.15) is 25.9 Å². The molecule has 0 saturated heterocycles. The van der Waals surface area contributed by atoms with E-state index in [4.69, 9.17) is 28.1 Å². The number of hydrogen-bond acceptors (Lipinski definition) is 14. The molecule has 0 aromatic rings. The molecule has 346 valence electrons. The van der Waals surface area contributed by atoms with Crippen molar-refractivity contribution >= 4 is 28.4 Å². The van der Waals surface area contributed by atoms with E-state index >= 15 is 0 Å². The van der Waals surface area contributed by atoms with Crippen LogP contribution in [0.4, 0.5) is 0 Å². The molecule has 0 aliphatic heterocycles. The number of carbonyl (C=O) groups excluding carboxylic acids is 2. The van der Waals surface area contributed by atoms with Crippen molar-refractivity contribution in [3.8, 4) is 0 Å². The van der Waals surface area contributed by atoms with Crippen LogP contribution in [0.25, 0.3) is 0 Å². The Hall–Kier alpha value is -0.920. The number of hydrogen-bond donors (Lipinski definition) is 2. The summed E-state index contributed by atoms with van der Waals surface area (Å²) in [6, 6.07) is 0. The molecule has 58 heavy (non-hydrogen) atoms. The van der Waals surface area contributed by atoms with Gasteiger partial charge in [-0.2, -0.15) is 9.35 Å². The van der Waals surface area contributed by atoms with Gasteiger partial charge in [0.05, 0.1) is 19.3 Å². The average molecular weight is 875 g/mol. The Morgan fingerprint density at radius 3 is 1.22 bits per heavy atom. The van der Waals surface area contributed by atoms with Crippen molar-refractivity contribution in [3.63, 3.8) is 0 Å². The lowest BCUT2D eigenvalue weighted by Crippen LogP contribution is -2.29. The van der Waals surface area contributed by atoms with Crippen molar-refractivity contribution in [2.75, 3.05) is 33.0 Å². The monoisotopic (exact) mass is 875 g/mol. The Balaban J connectivity index is 4.48. The van der Waals surface area contributed by atoms with Crippen molar-refractivity contribution < 1.29 is 66.6 Å². The van der Waals surface area contributed by atoms with Crippen molar-refractivity contribution in [2.24, 2.45) is 0 Å². The number of ether oxygens (including phenoxy) is 2. The minimum absolute atomic E-state index is 0.189. The van der Waals surface area contributed by atoms with Gasteiger partial charge in [-0.05, 0) is 19.3 Å². The second kappa shape index (κ2) is 44.1. The Morgan fingerprint density at radius 1 is 0.448 bits per heavy atom. The third-order valence-electron chi connectivity index (χ3n) is 9.72. The zero-order chi connectivity index (χ0) is 42.7. The second-order valence-corrected chi connectivity index (χ2v) is 17.3. The number of rotatable bonds is 46. The molecule has 0 aliphatic carbocycles. The van der Waals surface area contributed by atoms with Crippen molar-refractivity contribution in [1.82, 2.24) is 0 Å². The smallest absolute Gasteiger partial charge is 0.347 e. The Kier molecular flexibility index (Phi) is 43.4. The molecule has 0 aromatic heterocycles. The maximum Gasteiger partial charge on any atom is 0.347 e. The van der Waals surface area contributed by atoms with Gasteiger partial charge in [-0.25, -0.2) is 9.78 Å². The lowest BCUT2D eigenvalue weighted by atomic mass is 10.0. The molecule has 0 aliphatic rings. The summed E-state index contributed by atoms with van der Waals surface area (Å²) < 4.78 is 54.2. The van der Waals surface area contributed by atoms with Crippen LogP contribution < -0.4 is 0 Å². The molecule has 0 fully saturated rings. The first-order valence-corrected chi connectivity index (χ1v) is 25.3. The lowest BCUT2D eigenvalue weighted by Gasteiger charge is -2.18. The molecule has 2 N–H and O–H groups in total. The highest BCUT2D eigenvalue weighted by molar-refractivity contribution is 7.33. The van der Waals surface area contributed by atoms with E-state index < -0.39 is 60.0 Å². The van der Waals surface area contributed by atoms with Gasteiger partial charge < -0.3 is 28.7 Å². The van der Waals surface area contributed by atoms with E-state index in [0.717, 1.165) is 38.5 Å². The first-order valence-electron chi connectivity index (χ1n) is 22.8. The summed E-state index contributed by atoms with van der Waals surface area (Å²) in [4.78, 5) is 34.5. The quantitative estimate of drug-likeness (QED) is 0.0194. The zero-order valence-corrected chi connectivity index (χ0v) is 38.6. The van der Waals surface area contributed by atoms with Gasteiger partial charge in [0.25, 0.3) is 0 Å². The molecule has 0 radical (unpaired) electrons. The molecule has 0 rings (SSSR count). The molecule has 14 nitrogen and oxygen atoms in total. The van der Waals surface area contributed by atoms with Gasteiger partial charge in [-0.1, -0.05) is 175 Å². The van der Waals surface area contributed by atoms with Crippen molar-refractivity contribution in [2.45, 2.75) is 225 Å². The van der Waals surface area contributed by atoms with E-state index in [0.29, 0.717) is 19.3 Å². The predicted molar refractivity (Wildman–Crippen MR) is 228 cm³/mol. The lowest BCUT2D eigenvalue weighted by molar-refractivity contribution is -0.234. The molecule has 0 amide bonds. The van der Waals surface area contributed by atoms with Crippen LogP contribution >= 0.6 is 16.5 Å². The van der Waals surface area contributed by atoms with E-state index in [1.807, 2.05) is 0 Å². The number of unbranched alkanes of at least 4 members (excludes halogenated alkanes) is 24. The third-order valence-corrected chi connectivity index (χ3v) is 11.0. The number of aliphatic hydroxyl groups is 2. The second-order valence-electron chi connectivity index (χ2n) is 15.4. The standard InChI is InChI=1S/C42H84O14P2/c1-4-7-9-11-13-15-17-19-21-23-25-27-29-31-41(45)49-36-40(54-42(46)32-30-28-26-24-22-20-18-16-14-12-10-8-5-2)37-53-58(48)56-51-34-39(44)35-52-57(47)55-50-33-38(43)6-3/h38-40,43-44,57-58H,4-37H2,1-3H3. The summed E-state index contributed by atoms with van der Waals surface area (Å²) in [6.07, 6.45) is 28.9. The fourth-order valence-corrected chi connectivity index (χ4v) is 7.13. The molecular weight excluding hydrogens is 790 g/mol. The summed E-state index contributed by atoms with van der Waals surface area (Å²) in [7, 11) is -6.36. The van der Waals surface area contributed by atoms with Crippen molar-refractivity contribution in [3.05, 3.63) is 0 Å². The van der Waals surface area contributed by atoms with Crippen LogP contribution in [-0.2, 0) is 56.4 Å². The first kappa shape index (κ1) is 57.1. The van der Waals surface area contributed by atoms with E-state index in [2.05, 4.69) is 23.4 Å². The van der Waals surface area contributed by atoms with Crippen LogP contribution in [0.2, 0.25) is 0 Å². The van der Waals surface area contributed by atoms with E-state index in [1.165, 1.54) is 116 Å². The van der Waals surface area contributed by atoms with Gasteiger partial charge in [0.15, 0.2) is 6.10 Å². The summed E-state index contributed by atoms with van der Waals surface area (Å²) in [5.41, 5.74) is 0. The first-order chi connectivity index (χ1) is 28.2. The van der Waals surface area contributed by atoms with E-state index in [9.17, 15) is 28.9 Å². The maximum atomic E-state index is 12.7. The Labute approximate surface area is 352 Å². The molecule has 0 spiro atoms. The van der Waals surface area contributed by atoms with Crippen LogP contribution in [0.15, 0.2) is 0 Å². The molecule has 0 saturated carbocycles. The van der Waals surface area contributed by atoms with E-state index in [1.54, 1.807) is 6.92 Å². The minimum atomic E-state index is -3.26. The number of esters is 2. The van der Waals surface area contributed by atoms with Crippen LogP contribution in [0.1, 0.15) is 207 Å². The fraction of sp³-hybridized carbons (Fsp3) is 0.952. The van der Waals surface area contributed by atoms with Crippen molar-refractivity contribution in [1.29, 1.82) is 0 Å². The van der Waals surface area contributed by atoms with Gasteiger partial charge in [0, 0.05) is 12.8 Å². The summed E-state index contributed by atoms with van der Waals surface area (Å²) in [6.45, 7) is 4.43. The highest BCUT2D eigenvalue weighted by Crippen LogP contribution is 2.26. The highest BCUT2D eigenvalue weighted by Gasteiger charge is 2.20. The molecule has 0 aromatic carbocycles. The topological polar surface area (TPSA) is 183 Å². The minimum Gasteiger partial charge on any atom is -0.462 e. The highest BCUT2D eigenvalue weighted by atomic mass is 31.1. The van der Waals surface area contributed by atoms with E-state index in [-0.39, 0.29) is 32.7 Å². The Bertz CT molecular complexity index is 976. The van der Waals surface area contributed by atoms with Crippen LogP contribution in [0.5, 0.6) is 0 Å². The molecule has 5 atom stereocenters. The van der Waals surface area contributed by atoms with Gasteiger partial charge in [-0.15, -0.1) is 0 Å². The molecule has 16 heteroatoms. The summed E-state index contributed by atoms with van der Waals surface area (Å²) in [5, 5.41) is 19.3. The zero-order valence-electron chi connectivity index (χ0n) is 36.6. The van der Waals surface area contributed by atoms with Crippen LogP contribution in [0, 0.1) is 0 Å².